The van der Waals surface area contributed by atoms with Gasteiger partial charge in [-0.15, -0.1) is 0 Å². The number of methoxy groups -OCH3 is 1. The highest BCUT2D eigenvalue weighted by molar-refractivity contribution is 6.30. The van der Waals surface area contributed by atoms with Crippen molar-refractivity contribution >= 4 is 23.5 Å². The first-order valence-electron chi connectivity index (χ1n) is 6.91. The number of rotatable bonds is 6. The first-order chi connectivity index (χ1) is 11.1. The zero-order valence-electron chi connectivity index (χ0n) is 12.5. The van der Waals surface area contributed by atoms with Gasteiger partial charge < -0.3 is 14.8 Å². The minimum atomic E-state index is -0.607. The number of carbonyl (C=O) groups excluding carboxylic acids is 2. The van der Waals surface area contributed by atoms with Crippen LogP contribution in [0.1, 0.15) is 15.9 Å². The van der Waals surface area contributed by atoms with Gasteiger partial charge in [0, 0.05) is 11.6 Å². The molecule has 120 valence electrons. The van der Waals surface area contributed by atoms with Crippen LogP contribution in [0.25, 0.3) is 0 Å². The second-order valence-electron chi connectivity index (χ2n) is 4.68. The molecule has 0 aliphatic heterocycles. The third kappa shape index (κ3) is 5.00. The summed E-state index contributed by atoms with van der Waals surface area (Å²) in [6, 6.07) is 13.8. The molecule has 5 nitrogen and oxygen atoms in total. The molecule has 1 amide bonds. The molecule has 0 saturated carbocycles. The zero-order valence-corrected chi connectivity index (χ0v) is 13.3. The molecule has 0 unspecified atom stereocenters. The van der Waals surface area contributed by atoms with Gasteiger partial charge in [0.15, 0.2) is 6.61 Å². The van der Waals surface area contributed by atoms with Crippen LogP contribution in [0.15, 0.2) is 48.5 Å². The molecule has 2 aromatic carbocycles. The molecular formula is C17H16ClNO4. The summed E-state index contributed by atoms with van der Waals surface area (Å²) in [7, 11) is 1.46. The lowest BCUT2D eigenvalue weighted by molar-refractivity contribution is -0.124. The zero-order chi connectivity index (χ0) is 16.7. The summed E-state index contributed by atoms with van der Waals surface area (Å²) in [5.41, 5.74) is 1.18. The Bertz CT molecular complexity index is 685. The van der Waals surface area contributed by atoms with E-state index in [0.717, 1.165) is 5.56 Å². The molecule has 0 aliphatic carbocycles. The number of hydrogen-bond acceptors (Lipinski definition) is 4. The van der Waals surface area contributed by atoms with E-state index in [-0.39, 0.29) is 18.1 Å². The topological polar surface area (TPSA) is 64.6 Å². The fraction of sp³-hybridized carbons (Fsp3) is 0.176. The molecule has 2 rings (SSSR count). The average molecular weight is 334 g/mol. The molecule has 2 aromatic rings. The third-order valence-electron chi connectivity index (χ3n) is 3.06. The number of benzene rings is 2. The van der Waals surface area contributed by atoms with E-state index in [2.05, 4.69) is 5.32 Å². The Morgan fingerprint density at radius 2 is 1.78 bits per heavy atom. The lowest BCUT2D eigenvalue weighted by Crippen LogP contribution is -2.28. The number of nitrogens with one attached hydrogen (secondary N) is 1. The van der Waals surface area contributed by atoms with Crippen LogP contribution in [0, 0.1) is 0 Å². The minimum Gasteiger partial charge on any atom is -0.496 e. The number of halogens is 1. The smallest absolute Gasteiger partial charge is 0.342 e. The third-order valence-corrected chi connectivity index (χ3v) is 3.32. The molecule has 0 fully saturated rings. The number of ether oxygens (including phenoxy) is 2. The number of amides is 1. The van der Waals surface area contributed by atoms with Gasteiger partial charge in [0.05, 0.1) is 7.11 Å². The largest absolute Gasteiger partial charge is 0.496 e. The van der Waals surface area contributed by atoms with Crippen molar-refractivity contribution in [1.29, 1.82) is 0 Å². The Kier molecular flexibility index (Phi) is 6.00. The summed E-state index contributed by atoms with van der Waals surface area (Å²) < 4.78 is 10.1. The van der Waals surface area contributed by atoms with Crippen LogP contribution in [-0.2, 0) is 16.1 Å². The van der Waals surface area contributed by atoms with E-state index in [1.807, 2.05) is 12.1 Å². The summed E-state index contributed by atoms with van der Waals surface area (Å²) in [4.78, 5) is 23.7. The van der Waals surface area contributed by atoms with Crippen molar-refractivity contribution in [3.05, 3.63) is 64.7 Å². The Morgan fingerprint density at radius 1 is 1.09 bits per heavy atom. The van der Waals surface area contributed by atoms with E-state index in [0.29, 0.717) is 17.3 Å². The first kappa shape index (κ1) is 16.8. The predicted molar refractivity (Wildman–Crippen MR) is 86.6 cm³/mol. The second-order valence-corrected chi connectivity index (χ2v) is 5.12. The highest BCUT2D eigenvalue weighted by Crippen LogP contribution is 2.18. The van der Waals surface area contributed by atoms with E-state index in [9.17, 15) is 9.59 Å². The van der Waals surface area contributed by atoms with Crippen LogP contribution in [0.2, 0.25) is 5.02 Å². The number of para-hydroxylation sites is 1. The van der Waals surface area contributed by atoms with E-state index in [4.69, 9.17) is 21.1 Å². The van der Waals surface area contributed by atoms with Crippen molar-refractivity contribution in [1.82, 2.24) is 5.32 Å². The highest BCUT2D eigenvalue weighted by atomic mass is 35.5. The van der Waals surface area contributed by atoms with E-state index < -0.39 is 5.97 Å². The standard InChI is InChI=1S/C17H16ClNO4/c1-22-15-5-3-2-4-14(15)17(21)23-11-16(20)19-10-12-6-8-13(18)9-7-12/h2-9H,10-11H2,1H3,(H,19,20). The molecule has 0 aliphatic rings. The Balaban J connectivity index is 1.82. The maximum atomic E-state index is 11.9. The van der Waals surface area contributed by atoms with Crippen molar-refractivity contribution in [3.63, 3.8) is 0 Å². The lowest BCUT2D eigenvalue weighted by Gasteiger charge is -2.09. The average Bonchev–Trinajstić information content (AvgIpc) is 2.59. The maximum Gasteiger partial charge on any atom is 0.342 e. The fourth-order valence-corrected chi connectivity index (χ4v) is 2.00. The predicted octanol–water partition coefficient (Wildman–Crippen LogP) is 2.82. The van der Waals surface area contributed by atoms with Crippen LogP contribution < -0.4 is 10.1 Å². The summed E-state index contributed by atoms with van der Waals surface area (Å²) in [6.45, 7) is -0.0211. The lowest BCUT2D eigenvalue weighted by atomic mass is 10.2. The monoisotopic (exact) mass is 333 g/mol. The van der Waals surface area contributed by atoms with Gasteiger partial charge in [0.25, 0.3) is 5.91 Å². The van der Waals surface area contributed by atoms with Crippen LogP contribution in [0.5, 0.6) is 5.75 Å². The van der Waals surface area contributed by atoms with E-state index in [1.54, 1.807) is 36.4 Å². The van der Waals surface area contributed by atoms with E-state index in [1.165, 1.54) is 7.11 Å². The molecule has 0 atom stereocenters. The SMILES string of the molecule is COc1ccccc1C(=O)OCC(=O)NCc1ccc(Cl)cc1. The molecule has 0 aromatic heterocycles. The van der Waals surface area contributed by atoms with Gasteiger partial charge in [-0.25, -0.2) is 4.79 Å². The Hall–Kier alpha value is -2.53. The number of esters is 1. The molecule has 0 saturated heterocycles. The molecular weight excluding hydrogens is 318 g/mol. The quantitative estimate of drug-likeness (QED) is 0.826. The molecule has 6 heteroatoms. The van der Waals surface area contributed by atoms with Crippen molar-refractivity contribution in [2.45, 2.75) is 6.54 Å². The van der Waals surface area contributed by atoms with Gasteiger partial charge in [-0.1, -0.05) is 35.9 Å². The van der Waals surface area contributed by atoms with Gasteiger partial charge in [0.1, 0.15) is 11.3 Å². The van der Waals surface area contributed by atoms with Gasteiger partial charge in [-0.3, -0.25) is 4.79 Å². The molecule has 1 N–H and O–H groups in total. The van der Waals surface area contributed by atoms with E-state index >= 15 is 0 Å². The van der Waals surface area contributed by atoms with Crippen molar-refractivity contribution < 1.29 is 19.1 Å². The van der Waals surface area contributed by atoms with Gasteiger partial charge in [-0.2, -0.15) is 0 Å². The summed E-state index contributed by atoms with van der Waals surface area (Å²) in [6.07, 6.45) is 0. The van der Waals surface area contributed by atoms with Crippen LogP contribution >= 0.6 is 11.6 Å². The first-order valence-corrected chi connectivity index (χ1v) is 7.29. The van der Waals surface area contributed by atoms with Gasteiger partial charge in [-0.05, 0) is 29.8 Å². The molecule has 0 radical (unpaired) electrons. The van der Waals surface area contributed by atoms with Gasteiger partial charge >= 0.3 is 5.97 Å². The molecule has 0 bridgehead atoms. The summed E-state index contributed by atoms with van der Waals surface area (Å²) in [5, 5.41) is 3.29. The Labute approximate surface area is 139 Å². The number of carbonyl (C=O) groups is 2. The summed E-state index contributed by atoms with van der Waals surface area (Å²) in [5.74, 6) is -0.591. The van der Waals surface area contributed by atoms with Crippen LogP contribution in [0.3, 0.4) is 0 Å². The van der Waals surface area contributed by atoms with Crippen molar-refractivity contribution in [2.75, 3.05) is 13.7 Å². The number of hydrogen-bond donors (Lipinski definition) is 1. The molecule has 0 heterocycles. The van der Waals surface area contributed by atoms with Crippen LogP contribution in [-0.4, -0.2) is 25.6 Å². The van der Waals surface area contributed by atoms with Crippen molar-refractivity contribution in [3.8, 4) is 5.75 Å². The van der Waals surface area contributed by atoms with Crippen LogP contribution in [0.4, 0.5) is 0 Å². The molecule has 0 spiro atoms. The molecule has 23 heavy (non-hydrogen) atoms. The van der Waals surface area contributed by atoms with Crippen molar-refractivity contribution in [2.24, 2.45) is 0 Å². The minimum absolute atomic E-state index is 0.278. The summed E-state index contributed by atoms with van der Waals surface area (Å²) >= 11 is 5.79. The van der Waals surface area contributed by atoms with Gasteiger partial charge in [0.2, 0.25) is 0 Å². The highest BCUT2D eigenvalue weighted by Gasteiger charge is 2.14. The Morgan fingerprint density at radius 3 is 2.48 bits per heavy atom. The maximum absolute atomic E-state index is 11.9. The normalized spacial score (nSPS) is 10.0. The second kappa shape index (κ2) is 8.19. The fourth-order valence-electron chi connectivity index (χ4n) is 1.88.